The molecule has 3 amide bonds. The number of carboxylic acid groups (broad SMARTS) is 2. The van der Waals surface area contributed by atoms with Gasteiger partial charge in [0.05, 0.1) is 12.5 Å². The molecule has 1 rings (SSSR count). The van der Waals surface area contributed by atoms with Gasteiger partial charge in [-0.05, 0) is 50.4 Å². The molecule has 0 aliphatic carbocycles. The summed E-state index contributed by atoms with van der Waals surface area (Å²) in [6.45, 7) is 1.78. The van der Waals surface area contributed by atoms with Crippen molar-refractivity contribution in [3.8, 4) is 5.75 Å². The van der Waals surface area contributed by atoms with Crippen molar-refractivity contribution in [3.05, 3.63) is 29.8 Å². The maximum atomic E-state index is 12.8. The van der Waals surface area contributed by atoms with E-state index in [1.165, 1.54) is 31.2 Å². The van der Waals surface area contributed by atoms with Crippen LogP contribution < -0.4 is 27.4 Å². The van der Waals surface area contributed by atoms with Crippen molar-refractivity contribution in [3.63, 3.8) is 0 Å². The number of carbonyl (C=O) groups excluding carboxylic acids is 3. The van der Waals surface area contributed by atoms with Crippen LogP contribution in [0.1, 0.15) is 38.2 Å². The fraction of sp³-hybridized carbons (Fsp3) is 0.500. The average Bonchev–Trinajstić information content (AvgIpc) is 2.78. The van der Waals surface area contributed by atoms with Crippen LogP contribution in [0.25, 0.3) is 0 Å². The highest BCUT2D eigenvalue weighted by molar-refractivity contribution is 5.95. The Morgan fingerprint density at radius 3 is 1.91 bits per heavy atom. The first-order valence-corrected chi connectivity index (χ1v) is 11.0. The molecule has 13 heteroatoms. The van der Waals surface area contributed by atoms with E-state index >= 15 is 0 Å². The molecular formula is C22H33N5O8. The van der Waals surface area contributed by atoms with Crippen LogP contribution in [0.4, 0.5) is 0 Å². The van der Waals surface area contributed by atoms with Crippen molar-refractivity contribution in [2.45, 2.75) is 63.2 Å². The number of aromatic hydroxyl groups is 1. The Kier molecular flexibility index (Phi) is 12.2. The van der Waals surface area contributed by atoms with Crippen molar-refractivity contribution in [1.29, 1.82) is 0 Å². The monoisotopic (exact) mass is 495 g/mol. The molecule has 4 unspecified atom stereocenters. The van der Waals surface area contributed by atoms with E-state index in [0.29, 0.717) is 24.9 Å². The number of nitrogens with one attached hydrogen (secondary N) is 3. The van der Waals surface area contributed by atoms with Crippen LogP contribution in [0, 0.1) is 0 Å². The molecule has 0 saturated heterocycles. The Morgan fingerprint density at radius 1 is 0.857 bits per heavy atom. The predicted octanol–water partition coefficient (Wildman–Crippen LogP) is -1.58. The van der Waals surface area contributed by atoms with Gasteiger partial charge in [0.15, 0.2) is 0 Å². The second-order valence-electron chi connectivity index (χ2n) is 8.06. The number of phenols is 1. The van der Waals surface area contributed by atoms with Crippen molar-refractivity contribution >= 4 is 29.7 Å². The van der Waals surface area contributed by atoms with Crippen LogP contribution in [-0.4, -0.2) is 75.7 Å². The van der Waals surface area contributed by atoms with Gasteiger partial charge in [-0.2, -0.15) is 0 Å². The molecule has 0 saturated carbocycles. The molecule has 4 atom stereocenters. The number of hydrogen-bond donors (Lipinski definition) is 8. The Labute approximate surface area is 202 Å². The highest BCUT2D eigenvalue weighted by Gasteiger charge is 2.31. The molecule has 35 heavy (non-hydrogen) atoms. The molecule has 194 valence electrons. The minimum absolute atomic E-state index is 0.0222. The van der Waals surface area contributed by atoms with Crippen LogP contribution in [0.5, 0.6) is 5.75 Å². The van der Waals surface area contributed by atoms with Gasteiger partial charge >= 0.3 is 11.9 Å². The predicted molar refractivity (Wildman–Crippen MR) is 124 cm³/mol. The number of phenolic OH excluding ortho intramolecular Hbond substituents is 1. The number of benzene rings is 1. The van der Waals surface area contributed by atoms with Crippen LogP contribution in [0.2, 0.25) is 0 Å². The van der Waals surface area contributed by atoms with E-state index in [9.17, 15) is 39.3 Å². The zero-order valence-electron chi connectivity index (χ0n) is 19.4. The molecular weight excluding hydrogens is 462 g/mol. The largest absolute Gasteiger partial charge is 0.508 e. The molecule has 0 aromatic heterocycles. The van der Waals surface area contributed by atoms with Gasteiger partial charge in [-0.1, -0.05) is 12.1 Å². The summed E-state index contributed by atoms with van der Waals surface area (Å²) >= 11 is 0. The molecule has 0 radical (unpaired) electrons. The fourth-order valence-corrected chi connectivity index (χ4v) is 3.06. The van der Waals surface area contributed by atoms with Gasteiger partial charge in [0.25, 0.3) is 0 Å². The Balaban J connectivity index is 2.99. The molecule has 0 aliphatic rings. The highest BCUT2D eigenvalue weighted by atomic mass is 16.4. The molecule has 1 aromatic carbocycles. The van der Waals surface area contributed by atoms with Crippen LogP contribution in [0.15, 0.2) is 24.3 Å². The van der Waals surface area contributed by atoms with E-state index in [0.717, 1.165) is 0 Å². The van der Waals surface area contributed by atoms with Gasteiger partial charge in [-0.3, -0.25) is 19.2 Å². The van der Waals surface area contributed by atoms with Gasteiger partial charge in [0.2, 0.25) is 17.7 Å². The third-order valence-corrected chi connectivity index (χ3v) is 5.00. The summed E-state index contributed by atoms with van der Waals surface area (Å²) in [4.78, 5) is 60.6. The molecule has 13 nitrogen and oxygen atoms in total. The smallest absolute Gasteiger partial charge is 0.326 e. The summed E-state index contributed by atoms with van der Waals surface area (Å²) in [6, 6.07) is 0.604. The number of unbranched alkanes of at least 4 members (excludes halogenated alkanes) is 1. The zero-order valence-corrected chi connectivity index (χ0v) is 19.4. The first kappa shape index (κ1) is 29.3. The highest BCUT2D eigenvalue weighted by Crippen LogP contribution is 2.12. The summed E-state index contributed by atoms with van der Waals surface area (Å²) in [5.41, 5.74) is 11.5. The molecule has 0 heterocycles. The van der Waals surface area contributed by atoms with Gasteiger partial charge in [0.1, 0.15) is 23.9 Å². The maximum Gasteiger partial charge on any atom is 0.326 e. The van der Waals surface area contributed by atoms with Gasteiger partial charge in [-0.15, -0.1) is 0 Å². The van der Waals surface area contributed by atoms with Crippen LogP contribution in [0.3, 0.4) is 0 Å². The average molecular weight is 496 g/mol. The second kappa shape index (κ2) is 14.5. The van der Waals surface area contributed by atoms with Gasteiger partial charge in [0, 0.05) is 6.42 Å². The van der Waals surface area contributed by atoms with E-state index in [1.54, 1.807) is 0 Å². The number of rotatable bonds is 15. The summed E-state index contributed by atoms with van der Waals surface area (Å²) < 4.78 is 0. The lowest BCUT2D eigenvalue weighted by Gasteiger charge is -2.24. The minimum atomic E-state index is -1.61. The Morgan fingerprint density at radius 2 is 1.40 bits per heavy atom. The van der Waals surface area contributed by atoms with E-state index < -0.39 is 60.2 Å². The van der Waals surface area contributed by atoms with Crippen molar-refractivity contribution < 1.29 is 39.3 Å². The molecule has 0 fully saturated rings. The summed E-state index contributed by atoms with van der Waals surface area (Å²) in [5, 5.41) is 35.1. The van der Waals surface area contributed by atoms with Gasteiger partial charge < -0.3 is 42.7 Å². The van der Waals surface area contributed by atoms with E-state index in [1.807, 2.05) is 0 Å². The van der Waals surface area contributed by atoms with E-state index in [4.69, 9.17) is 11.5 Å². The van der Waals surface area contributed by atoms with Crippen LogP contribution >= 0.6 is 0 Å². The third kappa shape index (κ3) is 10.8. The van der Waals surface area contributed by atoms with Crippen molar-refractivity contribution in [1.82, 2.24) is 16.0 Å². The summed E-state index contributed by atoms with van der Waals surface area (Å²) in [5.74, 6) is -5.26. The lowest BCUT2D eigenvalue weighted by atomic mass is 10.0. The zero-order chi connectivity index (χ0) is 26.5. The fourth-order valence-electron chi connectivity index (χ4n) is 3.06. The number of aliphatic carboxylic acids is 2. The maximum absolute atomic E-state index is 12.8. The first-order valence-electron chi connectivity index (χ1n) is 11.0. The number of carboxylic acids is 2. The number of amides is 3. The van der Waals surface area contributed by atoms with Crippen molar-refractivity contribution in [2.75, 3.05) is 6.54 Å². The topological polar surface area (TPSA) is 234 Å². The number of nitrogens with two attached hydrogens (primary N) is 2. The lowest BCUT2D eigenvalue weighted by molar-refractivity contribution is -0.143. The SMILES string of the molecule is CC(N)C(=O)NC(CCCCN)C(=O)NC(CC(=O)O)C(=O)NC(Cc1ccc(O)cc1)C(=O)O. The molecule has 10 N–H and O–H groups in total. The molecule has 0 spiro atoms. The summed E-state index contributed by atoms with van der Waals surface area (Å²) in [6.07, 6.45) is 0.231. The normalized spacial score (nSPS) is 14.1. The quantitative estimate of drug-likeness (QED) is 0.130. The second-order valence-corrected chi connectivity index (χ2v) is 8.06. The van der Waals surface area contributed by atoms with E-state index in [2.05, 4.69) is 16.0 Å². The first-order chi connectivity index (χ1) is 16.4. The molecule has 0 aliphatic heterocycles. The van der Waals surface area contributed by atoms with E-state index in [-0.39, 0.29) is 18.6 Å². The molecule has 0 bridgehead atoms. The molecule has 1 aromatic rings. The Bertz CT molecular complexity index is 890. The van der Waals surface area contributed by atoms with Crippen molar-refractivity contribution in [2.24, 2.45) is 11.5 Å². The Hall–Kier alpha value is -3.71. The van der Waals surface area contributed by atoms with Crippen LogP contribution in [-0.2, 0) is 30.4 Å². The van der Waals surface area contributed by atoms with Gasteiger partial charge in [-0.25, -0.2) is 4.79 Å². The minimum Gasteiger partial charge on any atom is -0.508 e. The lowest BCUT2D eigenvalue weighted by Crippen LogP contribution is -2.57. The third-order valence-electron chi connectivity index (χ3n) is 5.00. The standard InChI is InChI=1S/C22H33N5O8/c1-12(24)19(31)25-15(4-2-3-9-23)20(32)26-16(11-18(29)30)21(33)27-17(22(34)35)10-13-5-7-14(28)8-6-13/h5-8,12,15-17,28H,2-4,9-11,23-24H2,1H3,(H,25,31)(H,26,32)(H,27,33)(H,29,30)(H,34,35). The number of carbonyl (C=O) groups is 5. The number of hydrogen-bond acceptors (Lipinski definition) is 8. The summed E-state index contributed by atoms with van der Waals surface area (Å²) in [7, 11) is 0.